The Hall–Kier alpha value is -0.120. The summed E-state index contributed by atoms with van der Waals surface area (Å²) in [6.45, 7) is 0. The third kappa shape index (κ3) is 1.75. The number of aliphatic hydroxyl groups excluding tert-OH is 4. The number of rotatable bonds is 2. The van der Waals surface area contributed by atoms with Crippen LogP contribution in [0.5, 0.6) is 0 Å². The molecule has 6 N–H and O–H groups in total. The Morgan fingerprint density at radius 3 is 1.17 bits per heavy atom. The molecule has 12 heteroatoms. The molecule has 0 spiro atoms. The maximum atomic E-state index is 10.9. The van der Waals surface area contributed by atoms with E-state index < -0.39 is 51.2 Å². The molecule has 18 heavy (non-hydrogen) atoms. The lowest BCUT2D eigenvalue weighted by molar-refractivity contribution is -0.288. The quantitative estimate of drug-likeness (QED) is 0.268. The van der Waals surface area contributed by atoms with Crippen molar-refractivity contribution in [2.75, 3.05) is 0 Å². The fourth-order valence-corrected chi connectivity index (χ4v) is 3.80. The van der Waals surface area contributed by atoms with Gasteiger partial charge in [0, 0.05) is 0 Å². The van der Waals surface area contributed by atoms with Gasteiger partial charge in [-0.25, -0.2) is 0 Å². The third-order valence-corrected chi connectivity index (χ3v) is 5.42. The van der Waals surface area contributed by atoms with Crippen molar-refractivity contribution >= 4 is 16.1 Å². The van der Waals surface area contributed by atoms with Gasteiger partial charge in [0.2, 0.25) is 0 Å². The van der Waals surface area contributed by atoms with Crippen molar-refractivity contribution in [3.8, 4) is 0 Å². The van der Waals surface area contributed by atoms with Gasteiger partial charge in [0.05, 0.1) is 0 Å². The minimum atomic E-state index is -4.19. The maximum Gasteiger partial charge on any atom is 0.365 e. The lowest BCUT2D eigenvalue weighted by Crippen LogP contribution is -2.75. The zero-order valence-corrected chi connectivity index (χ0v) is 10.3. The molecule has 1 aliphatic rings. The standard InChI is InChI=1S/C6H10O10P2/c7-1-2(8)4(10)6(12,18(15)16)5(11,3(1)9)17(13)14/h1-4,7-12H/t1-,2-,3-,4-,5-,6+/m0/s1. The Morgan fingerprint density at radius 1 is 0.778 bits per heavy atom. The molecule has 1 saturated carbocycles. The molecule has 0 aromatic carbocycles. The second kappa shape index (κ2) is 4.77. The van der Waals surface area contributed by atoms with E-state index in [1.54, 1.807) is 0 Å². The highest BCUT2D eigenvalue weighted by molar-refractivity contribution is 7.43. The first kappa shape index (κ1) is 15.9. The SMILES string of the molecule is O=[P+]([O-])[C@]1(O)[C@@H](O)[C@@H](O)[C@H](O)[C@H](O)[C@]1(O)[P+](=O)[O-]. The van der Waals surface area contributed by atoms with E-state index in [1.807, 2.05) is 0 Å². The van der Waals surface area contributed by atoms with Gasteiger partial charge in [-0.1, -0.05) is 9.13 Å². The first-order valence-corrected chi connectivity index (χ1v) is 6.84. The maximum absolute atomic E-state index is 10.9. The smallest absolute Gasteiger partial charge is 0.365 e. The van der Waals surface area contributed by atoms with E-state index in [0.29, 0.717) is 0 Å². The number of hydrogen-bond acceptors (Lipinski definition) is 10. The molecule has 2 unspecified atom stereocenters. The Labute approximate surface area is 101 Å². The topological polar surface area (TPSA) is 202 Å². The fourth-order valence-electron chi connectivity index (χ4n) is 1.77. The lowest BCUT2D eigenvalue weighted by atomic mass is 9.83. The monoisotopic (exact) mass is 304 g/mol. The summed E-state index contributed by atoms with van der Waals surface area (Å²) < 4.78 is 21.8. The molecule has 0 aromatic rings. The van der Waals surface area contributed by atoms with Gasteiger partial charge >= 0.3 is 26.7 Å². The van der Waals surface area contributed by atoms with Crippen LogP contribution in [0.1, 0.15) is 0 Å². The van der Waals surface area contributed by atoms with Crippen LogP contribution in [0.4, 0.5) is 0 Å². The summed E-state index contributed by atoms with van der Waals surface area (Å²) in [6.07, 6.45) is -10.2. The largest absolute Gasteiger partial charge is 0.593 e. The van der Waals surface area contributed by atoms with E-state index in [2.05, 4.69) is 0 Å². The fraction of sp³-hybridized carbons (Fsp3) is 1.00. The molecule has 8 atom stereocenters. The van der Waals surface area contributed by atoms with Crippen LogP contribution in [0.2, 0.25) is 0 Å². The minimum absolute atomic E-state index is 2.37. The van der Waals surface area contributed by atoms with Gasteiger partial charge in [0.1, 0.15) is 12.2 Å². The normalized spacial score (nSPS) is 50.9. The Morgan fingerprint density at radius 2 is 1.00 bits per heavy atom. The summed E-state index contributed by atoms with van der Waals surface area (Å²) in [7, 11) is -8.38. The summed E-state index contributed by atoms with van der Waals surface area (Å²) in [6, 6.07) is 0. The van der Waals surface area contributed by atoms with Crippen molar-refractivity contribution in [3.63, 3.8) is 0 Å². The van der Waals surface area contributed by atoms with Gasteiger partial charge in [0.15, 0.2) is 12.2 Å². The summed E-state index contributed by atoms with van der Waals surface area (Å²) >= 11 is 0. The van der Waals surface area contributed by atoms with E-state index in [-0.39, 0.29) is 0 Å². The molecule has 1 fully saturated rings. The molecule has 0 amide bonds. The highest BCUT2D eigenvalue weighted by Crippen LogP contribution is 2.56. The number of aliphatic hydroxyl groups is 6. The predicted molar refractivity (Wildman–Crippen MR) is 49.1 cm³/mol. The van der Waals surface area contributed by atoms with Gasteiger partial charge in [0.25, 0.3) is 0 Å². The van der Waals surface area contributed by atoms with Crippen molar-refractivity contribution in [1.82, 2.24) is 0 Å². The average molecular weight is 304 g/mol. The molecular formula is C6H10O10P2. The first-order chi connectivity index (χ1) is 8.02. The molecule has 1 rings (SSSR count). The van der Waals surface area contributed by atoms with Crippen LogP contribution >= 0.6 is 16.1 Å². The average Bonchev–Trinajstić information content (AvgIpc) is 2.30. The molecule has 0 bridgehead atoms. The van der Waals surface area contributed by atoms with Crippen LogP contribution < -0.4 is 9.79 Å². The summed E-state index contributed by atoms with van der Waals surface area (Å²) in [4.78, 5) is 21.8. The molecule has 0 saturated heterocycles. The van der Waals surface area contributed by atoms with Crippen LogP contribution in [-0.2, 0) is 9.13 Å². The first-order valence-electron chi connectivity index (χ1n) is 4.48. The summed E-state index contributed by atoms with van der Waals surface area (Å²) in [5.41, 5.74) is 0. The zero-order valence-electron chi connectivity index (χ0n) is 8.52. The highest BCUT2D eigenvalue weighted by Gasteiger charge is 2.82. The van der Waals surface area contributed by atoms with E-state index in [4.69, 9.17) is 0 Å². The van der Waals surface area contributed by atoms with Gasteiger partial charge in [-0.2, -0.15) is 0 Å². The Kier molecular flexibility index (Phi) is 4.22. The van der Waals surface area contributed by atoms with Gasteiger partial charge in [-0.3, -0.25) is 0 Å². The van der Waals surface area contributed by atoms with E-state index >= 15 is 0 Å². The highest BCUT2D eigenvalue weighted by atomic mass is 31.1. The van der Waals surface area contributed by atoms with E-state index in [1.165, 1.54) is 0 Å². The van der Waals surface area contributed by atoms with Crippen LogP contribution in [-0.4, -0.2) is 65.7 Å². The van der Waals surface area contributed by atoms with Crippen LogP contribution in [0.15, 0.2) is 0 Å². The van der Waals surface area contributed by atoms with Crippen molar-refractivity contribution < 1.29 is 49.6 Å². The van der Waals surface area contributed by atoms with E-state index in [0.717, 1.165) is 0 Å². The summed E-state index contributed by atoms with van der Waals surface area (Å²) in [5.74, 6) is 0. The van der Waals surface area contributed by atoms with E-state index in [9.17, 15) is 49.6 Å². The van der Waals surface area contributed by atoms with Crippen LogP contribution in [0.3, 0.4) is 0 Å². The predicted octanol–water partition coefficient (Wildman–Crippen LogP) is -4.97. The third-order valence-electron chi connectivity index (χ3n) is 2.92. The Balaban J connectivity index is 3.51. The van der Waals surface area contributed by atoms with Gasteiger partial charge < -0.3 is 40.4 Å². The second-order valence-electron chi connectivity index (χ2n) is 3.84. The lowest BCUT2D eigenvalue weighted by Gasteiger charge is -2.44. The number of hydrogen-bond donors (Lipinski definition) is 6. The minimum Gasteiger partial charge on any atom is -0.593 e. The molecule has 0 aliphatic heterocycles. The zero-order chi connectivity index (χ0) is 14.5. The molecule has 104 valence electrons. The van der Waals surface area contributed by atoms with Crippen molar-refractivity contribution in [2.24, 2.45) is 0 Å². The molecule has 1 aliphatic carbocycles. The molecule has 0 radical (unpaired) electrons. The molecule has 0 aromatic heterocycles. The van der Waals surface area contributed by atoms with Crippen LogP contribution in [0.25, 0.3) is 0 Å². The van der Waals surface area contributed by atoms with Crippen molar-refractivity contribution in [1.29, 1.82) is 0 Å². The molecule has 10 nitrogen and oxygen atoms in total. The second-order valence-corrected chi connectivity index (χ2v) is 6.23. The molecule has 0 heterocycles. The molecular weight excluding hydrogens is 294 g/mol. The van der Waals surface area contributed by atoms with Gasteiger partial charge in [-0.05, 0) is 0 Å². The Bertz CT molecular complexity index is 353. The van der Waals surface area contributed by atoms with Crippen molar-refractivity contribution in [2.45, 2.75) is 35.1 Å². The van der Waals surface area contributed by atoms with Crippen molar-refractivity contribution in [3.05, 3.63) is 0 Å². The summed E-state index contributed by atoms with van der Waals surface area (Å²) in [5, 5.41) is 49.0. The van der Waals surface area contributed by atoms with Crippen LogP contribution in [0, 0.1) is 0 Å². The van der Waals surface area contributed by atoms with Gasteiger partial charge in [-0.15, -0.1) is 0 Å².